The van der Waals surface area contributed by atoms with Gasteiger partial charge in [0.05, 0.1) is 11.1 Å². The zero-order valence-electron chi connectivity index (χ0n) is 18.6. The lowest BCUT2D eigenvalue weighted by Crippen LogP contribution is -2.49. The summed E-state index contributed by atoms with van der Waals surface area (Å²) in [7, 11) is 0. The number of carbonyl (C=O) groups is 1. The van der Waals surface area contributed by atoms with Crippen LogP contribution in [-0.4, -0.2) is 24.2 Å². The number of aromatic nitrogens is 1. The molecule has 0 spiro atoms. The topological polar surface area (TPSA) is 74.3 Å². The van der Waals surface area contributed by atoms with Crippen LogP contribution in [-0.2, 0) is 10.2 Å². The molecule has 1 amide bonds. The zero-order chi connectivity index (χ0) is 22.9. The second-order valence-electron chi connectivity index (χ2n) is 6.89. The standard InChI is InChI=1S/C21H23N3O2.C2H6.C2H4/c1-5-15-13(2)11-14(12-18(15)22-4)17-8-7-16(19(25)24-17)21(3)9-6-10-23-20(21)26;2*1-2/h5,7-8,11-12H,1,4,6,9-10H2,2-3H3,(H,23,26)(H,24,25);1-2H3;1-2H2/t21-;;/m1../s1. The van der Waals surface area contributed by atoms with Crippen molar-refractivity contribution in [2.24, 2.45) is 4.99 Å². The first-order valence-electron chi connectivity index (χ1n) is 10.2. The van der Waals surface area contributed by atoms with Gasteiger partial charge in [-0.25, -0.2) is 0 Å². The molecule has 0 bridgehead atoms. The van der Waals surface area contributed by atoms with Crippen LogP contribution in [0, 0.1) is 6.92 Å². The van der Waals surface area contributed by atoms with Crippen molar-refractivity contribution >= 4 is 24.4 Å². The van der Waals surface area contributed by atoms with E-state index in [0.717, 1.165) is 28.8 Å². The number of H-pyrrole nitrogens is 1. The molecule has 30 heavy (non-hydrogen) atoms. The van der Waals surface area contributed by atoms with Gasteiger partial charge in [0.2, 0.25) is 5.91 Å². The average molecular weight is 408 g/mol. The summed E-state index contributed by atoms with van der Waals surface area (Å²) in [5.41, 5.74) is 3.65. The van der Waals surface area contributed by atoms with Crippen molar-refractivity contribution in [1.29, 1.82) is 0 Å². The highest BCUT2D eigenvalue weighted by Crippen LogP contribution is 2.32. The zero-order valence-corrected chi connectivity index (χ0v) is 18.6. The minimum absolute atomic E-state index is 0.0914. The number of aromatic amines is 1. The van der Waals surface area contributed by atoms with E-state index in [1.54, 1.807) is 12.1 Å². The summed E-state index contributed by atoms with van der Waals surface area (Å²) in [6, 6.07) is 7.46. The van der Waals surface area contributed by atoms with Crippen LogP contribution in [0.4, 0.5) is 5.69 Å². The lowest BCUT2D eigenvalue weighted by Gasteiger charge is -2.32. The number of benzene rings is 1. The lowest BCUT2D eigenvalue weighted by molar-refractivity contribution is -0.128. The van der Waals surface area contributed by atoms with Crippen LogP contribution < -0.4 is 10.9 Å². The van der Waals surface area contributed by atoms with Crippen LogP contribution in [0.5, 0.6) is 0 Å². The Balaban J connectivity index is 0.00000106. The number of hydrogen-bond donors (Lipinski definition) is 2. The third-order valence-electron chi connectivity index (χ3n) is 5.19. The summed E-state index contributed by atoms with van der Waals surface area (Å²) in [5.74, 6) is -0.0914. The second kappa shape index (κ2) is 11.1. The molecule has 1 aromatic carbocycles. The molecule has 2 N–H and O–H groups in total. The van der Waals surface area contributed by atoms with Gasteiger partial charge in [-0.15, -0.1) is 13.2 Å². The number of aryl methyl sites for hydroxylation is 1. The molecular formula is C25H33N3O2. The molecule has 0 unspecified atom stereocenters. The van der Waals surface area contributed by atoms with Crippen molar-refractivity contribution in [1.82, 2.24) is 10.3 Å². The molecule has 1 fully saturated rings. The number of rotatable bonds is 4. The van der Waals surface area contributed by atoms with E-state index in [0.29, 0.717) is 24.2 Å². The van der Waals surface area contributed by atoms with Crippen LogP contribution in [0.15, 0.2) is 53.8 Å². The van der Waals surface area contributed by atoms with Crippen molar-refractivity contribution in [2.75, 3.05) is 6.54 Å². The number of amides is 1. The molecule has 0 aliphatic carbocycles. The molecule has 5 heteroatoms. The summed E-state index contributed by atoms with van der Waals surface area (Å²) in [6.07, 6.45) is 3.27. The van der Waals surface area contributed by atoms with Crippen molar-refractivity contribution in [3.63, 3.8) is 0 Å². The molecule has 2 heterocycles. The number of carbonyl (C=O) groups excluding carboxylic acids is 1. The van der Waals surface area contributed by atoms with E-state index in [1.165, 1.54) is 0 Å². The molecule has 1 aliphatic rings. The highest BCUT2D eigenvalue weighted by molar-refractivity contribution is 5.88. The van der Waals surface area contributed by atoms with E-state index < -0.39 is 5.41 Å². The maximum atomic E-state index is 12.7. The fourth-order valence-electron chi connectivity index (χ4n) is 3.62. The predicted octanol–water partition coefficient (Wildman–Crippen LogP) is 5.32. The summed E-state index contributed by atoms with van der Waals surface area (Å²) in [4.78, 5) is 32.1. The van der Waals surface area contributed by atoms with Gasteiger partial charge in [-0.1, -0.05) is 32.6 Å². The molecule has 2 aromatic rings. The van der Waals surface area contributed by atoms with Gasteiger partial charge in [0.25, 0.3) is 5.56 Å². The summed E-state index contributed by atoms with van der Waals surface area (Å²) in [6.45, 7) is 21.9. The first-order valence-corrected chi connectivity index (χ1v) is 10.2. The third-order valence-corrected chi connectivity index (χ3v) is 5.19. The highest BCUT2D eigenvalue weighted by atomic mass is 16.2. The lowest BCUT2D eigenvalue weighted by atomic mass is 9.76. The molecule has 0 radical (unpaired) electrons. The maximum absolute atomic E-state index is 12.7. The Hall–Kier alpha value is -3.21. The van der Waals surface area contributed by atoms with Crippen molar-refractivity contribution in [3.8, 4) is 11.3 Å². The second-order valence-corrected chi connectivity index (χ2v) is 6.89. The first-order chi connectivity index (χ1) is 14.4. The summed E-state index contributed by atoms with van der Waals surface area (Å²) < 4.78 is 0. The van der Waals surface area contributed by atoms with Crippen LogP contribution in [0.1, 0.15) is 50.3 Å². The van der Waals surface area contributed by atoms with Gasteiger partial charge >= 0.3 is 0 Å². The highest BCUT2D eigenvalue weighted by Gasteiger charge is 2.39. The summed E-state index contributed by atoms with van der Waals surface area (Å²) in [5, 5.41) is 2.86. The molecule has 1 atom stereocenters. The van der Waals surface area contributed by atoms with E-state index in [2.05, 4.69) is 41.7 Å². The SMILES string of the molecule is C=C.C=Cc1c(C)cc(-c2ccc([C@@]3(C)CCCNC3=O)c(=O)[nH]2)cc1N=C.CC. The van der Waals surface area contributed by atoms with Gasteiger partial charge in [0.1, 0.15) is 0 Å². The van der Waals surface area contributed by atoms with Crippen LogP contribution in [0.3, 0.4) is 0 Å². The average Bonchev–Trinajstić information content (AvgIpc) is 2.77. The third kappa shape index (κ3) is 4.85. The number of piperidine rings is 1. The number of hydrogen-bond acceptors (Lipinski definition) is 3. The smallest absolute Gasteiger partial charge is 0.252 e. The Bertz CT molecular complexity index is 975. The Morgan fingerprint density at radius 1 is 1.17 bits per heavy atom. The van der Waals surface area contributed by atoms with Gasteiger partial charge in [-0.3, -0.25) is 14.6 Å². The minimum atomic E-state index is -0.791. The molecule has 1 aliphatic heterocycles. The van der Waals surface area contributed by atoms with E-state index in [4.69, 9.17) is 0 Å². The molecule has 3 rings (SSSR count). The number of pyridine rings is 1. The van der Waals surface area contributed by atoms with Gasteiger partial charge in [0, 0.05) is 28.9 Å². The summed E-state index contributed by atoms with van der Waals surface area (Å²) >= 11 is 0. The first kappa shape index (κ1) is 24.8. The monoisotopic (exact) mass is 407 g/mol. The fourth-order valence-corrected chi connectivity index (χ4v) is 3.62. The van der Waals surface area contributed by atoms with E-state index in [-0.39, 0.29) is 11.5 Å². The number of aliphatic imine (C=N–C) groups is 1. The molecule has 5 nitrogen and oxygen atoms in total. The van der Waals surface area contributed by atoms with E-state index in [9.17, 15) is 9.59 Å². The Morgan fingerprint density at radius 2 is 1.83 bits per heavy atom. The maximum Gasteiger partial charge on any atom is 0.252 e. The fraction of sp³-hybridized carbons (Fsp3) is 0.320. The van der Waals surface area contributed by atoms with E-state index >= 15 is 0 Å². The largest absolute Gasteiger partial charge is 0.355 e. The Morgan fingerprint density at radius 3 is 2.37 bits per heavy atom. The van der Waals surface area contributed by atoms with Gasteiger partial charge in [-0.2, -0.15) is 0 Å². The Labute approximate surface area is 179 Å². The molecular weight excluding hydrogens is 374 g/mol. The Kier molecular flexibility index (Phi) is 9.18. The van der Waals surface area contributed by atoms with E-state index in [1.807, 2.05) is 45.9 Å². The molecule has 160 valence electrons. The van der Waals surface area contributed by atoms with Gasteiger partial charge < -0.3 is 10.3 Å². The van der Waals surface area contributed by atoms with Crippen molar-refractivity contribution < 1.29 is 4.79 Å². The molecule has 1 aromatic heterocycles. The number of nitrogens with zero attached hydrogens (tertiary/aromatic N) is 1. The van der Waals surface area contributed by atoms with Crippen molar-refractivity contribution in [2.45, 2.75) is 46.0 Å². The van der Waals surface area contributed by atoms with Crippen LogP contribution in [0.25, 0.3) is 17.3 Å². The molecule has 0 saturated carbocycles. The normalized spacial score (nSPS) is 17.4. The number of nitrogens with one attached hydrogen (secondary N) is 2. The van der Waals surface area contributed by atoms with Crippen molar-refractivity contribution in [3.05, 3.63) is 71.0 Å². The quantitative estimate of drug-likeness (QED) is 0.531. The van der Waals surface area contributed by atoms with Gasteiger partial charge in [-0.05, 0) is 57.2 Å². The van der Waals surface area contributed by atoms with Gasteiger partial charge in [0.15, 0.2) is 0 Å². The minimum Gasteiger partial charge on any atom is -0.355 e. The van der Waals surface area contributed by atoms with Crippen LogP contribution in [0.2, 0.25) is 0 Å². The van der Waals surface area contributed by atoms with Crippen LogP contribution >= 0.6 is 0 Å². The molecule has 1 saturated heterocycles. The predicted molar refractivity (Wildman–Crippen MR) is 129 cm³/mol.